The molecule has 2 fully saturated rings. The van der Waals surface area contributed by atoms with Crippen molar-refractivity contribution in [3.05, 3.63) is 24.2 Å². The average Bonchev–Trinajstić information content (AvgIpc) is 3.09. The Morgan fingerprint density at radius 1 is 1.35 bits per heavy atom. The van der Waals surface area contributed by atoms with Gasteiger partial charge in [0.1, 0.15) is 5.76 Å². The summed E-state index contributed by atoms with van der Waals surface area (Å²) in [5, 5.41) is 0. The molecule has 0 N–H and O–H groups in total. The summed E-state index contributed by atoms with van der Waals surface area (Å²) in [5.74, 6) is 0.729. The van der Waals surface area contributed by atoms with E-state index in [1.54, 1.807) is 16.6 Å². The number of morpholine rings is 1. The summed E-state index contributed by atoms with van der Waals surface area (Å²) in [6, 6.07) is 3.48. The van der Waals surface area contributed by atoms with Crippen LogP contribution in [0.1, 0.15) is 31.6 Å². The minimum atomic E-state index is -3.44. The number of ether oxygens (including phenoxy) is 1. The van der Waals surface area contributed by atoms with E-state index in [0.29, 0.717) is 26.2 Å². The zero-order valence-corrected chi connectivity index (χ0v) is 12.4. The highest BCUT2D eigenvalue weighted by Crippen LogP contribution is 2.35. The van der Waals surface area contributed by atoms with Crippen molar-refractivity contribution < 1.29 is 17.6 Å². The van der Waals surface area contributed by atoms with E-state index in [0.717, 1.165) is 18.6 Å². The van der Waals surface area contributed by atoms with Gasteiger partial charge in [0, 0.05) is 19.6 Å². The lowest BCUT2D eigenvalue weighted by molar-refractivity contribution is 0.00802. The first kappa shape index (κ1) is 14.1. The Labute approximate surface area is 119 Å². The third-order valence-electron chi connectivity index (χ3n) is 3.90. The van der Waals surface area contributed by atoms with Crippen LogP contribution in [-0.2, 0) is 14.9 Å². The molecule has 20 heavy (non-hydrogen) atoms. The average molecular weight is 300 g/mol. The van der Waals surface area contributed by atoms with Gasteiger partial charge in [-0.15, -0.1) is 0 Å². The predicted molar refractivity (Wildman–Crippen MR) is 73.3 cm³/mol. The highest BCUT2D eigenvalue weighted by molar-refractivity contribution is 7.86. The Balaban J connectivity index is 1.83. The summed E-state index contributed by atoms with van der Waals surface area (Å²) < 4.78 is 39.5. The molecule has 1 aromatic rings. The van der Waals surface area contributed by atoms with Gasteiger partial charge in [-0.05, 0) is 31.9 Å². The zero-order valence-electron chi connectivity index (χ0n) is 11.6. The van der Waals surface area contributed by atoms with Crippen molar-refractivity contribution >= 4 is 10.2 Å². The van der Waals surface area contributed by atoms with E-state index >= 15 is 0 Å². The fraction of sp³-hybridized carbons (Fsp3) is 0.692. The number of hydrogen-bond acceptors (Lipinski definition) is 4. The van der Waals surface area contributed by atoms with Crippen LogP contribution >= 0.6 is 0 Å². The Morgan fingerprint density at radius 3 is 2.90 bits per heavy atom. The van der Waals surface area contributed by atoms with Crippen LogP contribution in [0.25, 0.3) is 0 Å². The lowest BCUT2D eigenvalue weighted by Gasteiger charge is -2.34. The van der Waals surface area contributed by atoms with Crippen molar-refractivity contribution in [2.75, 3.05) is 26.2 Å². The second kappa shape index (κ2) is 5.48. The molecule has 2 atom stereocenters. The maximum Gasteiger partial charge on any atom is 0.282 e. The molecule has 0 amide bonds. The van der Waals surface area contributed by atoms with E-state index < -0.39 is 10.2 Å². The smallest absolute Gasteiger partial charge is 0.282 e. The third kappa shape index (κ3) is 2.50. The molecule has 7 heteroatoms. The first-order chi connectivity index (χ1) is 9.59. The second-order valence-electron chi connectivity index (χ2n) is 5.33. The van der Waals surface area contributed by atoms with Gasteiger partial charge in [0.15, 0.2) is 0 Å². The topological polar surface area (TPSA) is 63.0 Å². The molecule has 2 aliphatic rings. The standard InChI is InChI=1S/C13H20N2O4S/c1-11-10-14(7-9-18-11)20(16,17)15-6-2-4-12(15)13-5-3-8-19-13/h3,5,8,11-12H,2,4,6-7,9-10H2,1H3/t11-,12+/m0/s1. The molecule has 1 aromatic heterocycles. The van der Waals surface area contributed by atoms with E-state index in [2.05, 4.69) is 0 Å². The Morgan fingerprint density at radius 2 is 2.20 bits per heavy atom. The zero-order chi connectivity index (χ0) is 14.2. The minimum Gasteiger partial charge on any atom is -0.468 e. The maximum absolute atomic E-state index is 12.8. The van der Waals surface area contributed by atoms with Crippen molar-refractivity contribution in [1.29, 1.82) is 0 Å². The molecule has 0 unspecified atom stereocenters. The molecular weight excluding hydrogens is 280 g/mol. The van der Waals surface area contributed by atoms with Crippen LogP contribution in [0.4, 0.5) is 0 Å². The summed E-state index contributed by atoms with van der Waals surface area (Å²) in [6.45, 7) is 3.76. The largest absolute Gasteiger partial charge is 0.468 e. The van der Waals surface area contributed by atoms with E-state index in [1.807, 2.05) is 13.0 Å². The molecule has 3 rings (SSSR count). The molecule has 0 radical (unpaired) electrons. The molecule has 112 valence electrons. The highest BCUT2D eigenvalue weighted by atomic mass is 32.2. The van der Waals surface area contributed by atoms with E-state index in [1.165, 1.54) is 4.31 Å². The van der Waals surface area contributed by atoms with Crippen LogP contribution in [0.15, 0.2) is 22.8 Å². The van der Waals surface area contributed by atoms with Crippen molar-refractivity contribution in [2.45, 2.75) is 31.9 Å². The van der Waals surface area contributed by atoms with Crippen LogP contribution < -0.4 is 0 Å². The third-order valence-corrected chi connectivity index (χ3v) is 5.92. The monoisotopic (exact) mass is 300 g/mol. The molecule has 2 saturated heterocycles. The van der Waals surface area contributed by atoms with Gasteiger partial charge < -0.3 is 9.15 Å². The maximum atomic E-state index is 12.8. The summed E-state index contributed by atoms with van der Waals surface area (Å²) in [4.78, 5) is 0. The first-order valence-electron chi connectivity index (χ1n) is 7.01. The Bertz CT molecular complexity index is 543. The summed E-state index contributed by atoms with van der Waals surface area (Å²) in [6.07, 6.45) is 3.22. The van der Waals surface area contributed by atoms with Gasteiger partial charge in [-0.1, -0.05) is 0 Å². The second-order valence-corrected chi connectivity index (χ2v) is 7.21. The molecule has 0 saturated carbocycles. The number of rotatable bonds is 3. The Kier molecular flexibility index (Phi) is 3.85. The lowest BCUT2D eigenvalue weighted by atomic mass is 10.2. The van der Waals surface area contributed by atoms with Crippen LogP contribution in [-0.4, -0.2) is 49.4 Å². The number of furan rings is 1. The van der Waals surface area contributed by atoms with Crippen molar-refractivity contribution in [1.82, 2.24) is 8.61 Å². The lowest BCUT2D eigenvalue weighted by Crippen LogP contribution is -2.50. The molecule has 0 spiro atoms. The summed E-state index contributed by atoms with van der Waals surface area (Å²) in [5.41, 5.74) is 0. The van der Waals surface area contributed by atoms with Gasteiger partial charge in [0.05, 0.1) is 25.0 Å². The van der Waals surface area contributed by atoms with Crippen LogP contribution in [0.5, 0.6) is 0 Å². The summed E-state index contributed by atoms with van der Waals surface area (Å²) >= 11 is 0. The molecule has 0 aromatic carbocycles. The van der Waals surface area contributed by atoms with Gasteiger partial charge in [0.25, 0.3) is 10.2 Å². The van der Waals surface area contributed by atoms with Crippen molar-refractivity contribution in [2.24, 2.45) is 0 Å². The van der Waals surface area contributed by atoms with Crippen LogP contribution in [0, 0.1) is 0 Å². The van der Waals surface area contributed by atoms with Crippen molar-refractivity contribution in [3.63, 3.8) is 0 Å². The first-order valence-corrected chi connectivity index (χ1v) is 8.40. The van der Waals surface area contributed by atoms with Crippen LogP contribution in [0.2, 0.25) is 0 Å². The van der Waals surface area contributed by atoms with Crippen LogP contribution in [0.3, 0.4) is 0 Å². The van der Waals surface area contributed by atoms with E-state index in [4.69, 9.17) is 9.15 Å². The molecule has 6 nitrogen and oxygen atoms in total. The molecule has 2 aliphatic heterocycles. The molecule has 0 bridgehead atoms. The number of nitrogens with zero attached hydrogens (tertiary/aromatic N) is 2. The van der Waals surface area contributed by atoms with Crippen molar-refractivity contribution in [3.8, 4) is 0 Å². The fourth-order valence-corrected chi connectivity index (χ4v) is 4.82. The normalized spacial score (nSPS) is 29.9. The summed E-state index contributed by atoms with van der Waals surface area (Å²) in [7, 11) is -3.44. The fourth-order valence-electron chi connectivity index (χ4n) is 2.93. The quantitative estimate of drug-likeness (QED) is 0.846. The van der Waals surface area contributed by atoms with E-state index in [9.17, 15) is 8.42 Å². The molecule has 3 heterocycles. The van der Waals surface area contributed by atoms with Gasteiger partial charge in [-0.2, -0.15) is 17.0 Å². The SMILES string of the molecule is C[C@H]1CN(S(=O)(=O)N2CCC[C@@H]2c2ccco2)CCO1. The predicted octanol–water partition coefficient (Wildman–Crippen LogP) is 1.38. The minimum absolute atomic E-state index is 0.0526. The Hall–Kier alpha value is -0.890. The van der Waals surface area contributed by atoms with Gasteiger partial charge in [-0.25, -0.2) is 0 Å². The molecule has 0 aliphatic carbocycles. The highest BCUT2D eigenvalue weighted by Gasteiger charge is 2.41. The van der Waals surface area contributed by atoms with Gasteiger partial charge in [0.2, 0.25) is 0 Å². The molecular formula is C13H20N2O4S. The van der Waals surface area contributed by atoms with E-state index in [-0.39, 0.29) is 12.1 Å². The van der Waals surface area contributed by atoms with Gasteiger partial charge >= 0.3 is 0 Å². The number of hydrogen-bond donors (Lipinski definition) is 0. The van der Waals surface area contributed by atoms with Gasteiger partial charge in [-0.3, -0.25) is 0 Å².